The van der Waals surface area contributed by atoms with Gasteiger partial charge >= 0.3 is 94.4 Å². The second-order valence-electron chi connectivity index (χ2n) is 0. The van der Waals surface area contributed by atoms with E-state index in [9.17, 15) is 0 Å². The summed E-state index contributed by atoms with van der Waals surface area (Å²) in [6.07, 6.45) is 0. The Labute approximate surface area is 113 Å². The first-order valence-corrected chi connectivity index (χ1v) is 0. The molecule has 0 unspecified atom stereocenters. The van der Waals surface area contributed by atoms with E-state index in [0.29, 0.717) is 0 Å². The van der Waals surface area contributed by atoms with Gasteiger partial charge in [0.1, 0.15) is 0 Å². The van der Waals surface area contributed by atoms with Crippen molar-refractivity contribution in [3.05, 3.63) is 0 Å². The Morgan fingerprint density at radius 3 is 1.00 bits per heavy atom. The first-order chi connectivity index (χ1) is 0. The normalized spacial score (nSPS) is 0. The van der Waals surface area contributed by atoms with Crippen LogP contribution in [0.2, 0.25) is 0 Å². The molecule has 0 aromatic carbocycles. The van der Waals surface area contributed by atoms with E-state index >= 15 is 0 Å². The Morgan fingerprint density at radius 2 is 1.00 bits per heavy atom. The molecule has 0 aromatic heterocycles. The van der Waals surface area contributed by atoms with E-state index in [1.54, 1.807) is 0 Å². The van der Waals surface area contributed by atoms with Crippen LogP contribution in [0.15, 0.2) is 0 Å². The third-order valence-electron chi connectivity index (χ3n) is 0. The number of rotatable bonds is 0. The van der Waals surface area contributed by atoms with E-state index in [2.05, 4.69) is 0 Å². The fourth-order valence-corrected chi connectivity index (χ4v) is 0. The van der Waals surface area contributed by atoms with Crippen molar-refractivity contribution in [2.24, 2.45) is 0 Å². The van der Waals surface area contributed by atoms with Crippen LogP contribution >= 0.6 is 0 Å². The maximum absolute atomic E-state index is 0. The van der Waals surface area contributed by atoms with Crippen LogP contribution in [0, 0.1) is 0 Å². The molecule has 24 valence electrons. The van der Waals surface area contributed by atoms with Crippen LogP contribution in [0.3, 0.4) is 0 Å². The van der Waals surface area contributed by atoms with E-state index in [0.717, 1.165) is 0 Å². The summed E-state index contributed by atoms with van der Waals surface area (Å²) in [7, 11) is 0. The number of hydrogen-bond acceptors (Lipinski definition) is 0. The third kappa shape index (κ3) is 9.11. The van der Waals surface area contributed by atoms with E-state index < -0.39 is 0 Å². The van der Waals surface area contributed by atoms with Crippen molar-refractivity contribution in [1.82, 2.24) is 0 Å². The third-order valence-corrected chi connectivity index (χ3v) is 0. The summed E-state index contributed by atoms with van der Waals surface area (Å²) in [4.78, 5) is 0. The molecule has 0 spiro atoms. The molecule has 0 rings (SSSR count). The zero-order valence-corrected chi connectivity index (χ0v) is 1.96. The van der Waals surface area contributed by atoms with Gasteiger partial charge in [-0.3, -0.25) is 0 Å². The summed E-state index contributed by atoms with van der Waals surface area (Å²) in [5.41, 5.74) is 0. The van der Waals surface area contributed by atoms with E-state index in [1.807, 2.05) is 0 Å². The molecule has 2 N–H and O–H groups in total. The van der Waals surface area contributed by atoms with Gasteiger partial charge in [0, 0.05) is 17.1 Å². The average Bonchev–Trinajstić information content (AvgIpc) is 0. The van der Waals surface area contributed by atoms with E-state index in [1.165, 1.54) is 0 Å². The van der Waals surface area contributed by atoms with Gasteiger partial charge in [-0.25, -0.2) is 0 Å². The molecular formula is H6BaFeOSr. The molecule has 0 saturated heterocycles. The van der Waals surface area contributed by atoms with Gasteiger partial charge in [-0.15, -0.1) is 0 Å². The van der Waals surface area contributed by atoms with Crippen molar-refractivity contribution in [1.29, 1.82) is 0 Å². The molecule has 0 bridgehead atoms. The Balaban J connectivity index is 0. The summed E-state index contributed by atoms with van der Waals surface area (Å²) in [5, 5.41) is 0. The minimum atomic E-state index is 0. The zero-order chi connectivity index (χ0) is 0. The first kappa shape index (κ1) is 25.8. The Morgan fingerprint density at radius 1 is 1.00 bits per heavy atom. The Bertz CT molecular complexity index is 8.00. The predicted molar refractivity (Wildman–Crippen MR) is 20.7 cm³/mol. The second-order valence-corrected chi connectivity index (χ2v) is 0. The molecule has 0 heterocycles. The molecule has 0 aromatic rings. The van der Waals surface area contributed by atoms with Gasteiger partial charge in [-0.05, 0) is 0 Å². The van der Waals surface area contributed by atoms with Crippen LogP contribution < -0.4 is 0 Å². The van der Waals surface area contributed by atoms with Gasteiger partial charge in [0.15, 0.2) is 0 Å². The van der Waals surface area contributed by atoms with Crippen molar-refractivity contribution >= 4 is 94.4 Å². The van der Waals surface area contributed by atoms with E-state index in [-0.39, 0.29) is 117 Å². The molecule has 4 heteroatoms. The molecule has 0 atom stereocenters. The van der Waals surface area contributed by atoms with Crippen molar-refractivity contribution in [3.8, 4) is 0 Å². The van der Waals surface area contributed by atoms with Gasteiger partial charge in [0.05, 0.1) is 0 Å². The molecule has 0 saturated carbocycles. The van der Waals surface area contributed by atoms with Gasteiger partial charge in [0.2, 0.25) is 0 Å². The van der Waals surface area contributed by atoms with Crippen molar-refractivity contribution in [3.63, 3.8) is 0 Å². The van der Waals surface area contributed by atoms with E-state index in [4.69, 9.17) is 0 Å². The molecule has 0 amide bonds. The van der Waals surface area contributed by atoms with Crippen LogP contribution in [0.5, 0.6) is 0 Å². The summed E-state index contributed by atoms with van der Waals surface area (Å²) < 4.78 is 0. The molecule has 1 nitrogen and oxygen atoms in total. The van der Waals surface area contributed by atoms with Gasteiger partial charge < -0.3 is 5.48 Å². The summed E-state index contributed by atoms with van der Waals surface area (Å²) in [5.74, 6) is 0. The molecular weight excluding hydrogens is 297 g/mol. The SMILES string of the molecule is O.[BaH2].[Fe].[SrH2]. The standard InChI is InChI=1S/Ba.Fe.H2O.Sr.4H/h;;1H2;;;;;. The van der Waals surface area contributed by atoms with Gasteiger partial charge in [0.25, 0.3) is 0 Å². The molecule has 0 radical (unpaired) electrons. The molecule has 0 aliphatic carbocycles. The van der Waals surface area contributed by atoms with Crippen LogP contribution in [0.1, 0.15) is 0 Å². The van der Waals surface area contributed by atoms with Crippen molar-refractivity contribution < 1.29 is 22.5 Å². The second kappa shape index (κ2) is 16.0. The monoisotopic (exact) mass is 304 g/mol. The molecule has 0 fully saturated rings. The summed E-state index contributed by atoms with van der Waals surface area (Å²) in [6.45, 7) is 0. The first-order valence-electron chi connectivity index (χ1n) is 0. The molecule has 0 aliphatic heterocycles. The molecule has 4 heavy (non-hydrogen) atoms. The molecule has 0 aliphatic rings. The fraction of sp³-hybridized carbons (Fsp3) is 0. The quantitative estimate of drug-likeness (QED) is 0.438. The number of hydrogen-bond donors (Lipinski definition) is 0. The fourth-order valence-electron chi connectivity index (χ4n) is 0. The Kier molecular flexibility index (Phi) is 103. The predicted octanol–water partition coefficient (Wildman–Crippen LogP) is -2.66. The van der Waals surface area contributed by atoms with Crippen LogP contribution in [0.4, 0.5) is 0 Å². The average molecular weight is 303 g/mol. The van der Waals surface area contributed by atoms with Crippen LogP contribution in [-0.2, 0) is 17.1 Å². The topological polar surface area (TPSA) is 31.5 Å². The van der Waals surface area contributed by atoms with Crippen LogP contribution in [0.25, 0.3) is 0 Å². The van der Waals surface area contributed by atoms with Crippen LogP contribution in [-0.4, -0.2) is 99.8 Å². The van der Waals surface area contributed by atoms with Crippen molar-refractivity contribution in [2.45, 2.75) is 0 Å². The maximum atomic E-state index is 0. The summed E-state index contributed by atoms with van der Waals surface area (Å²) in [6, 6.07) is 0. The summed E-state index contributed by atoms with van der Waals surface area (Å²) >= 11 is 0. The van der Waals surface area contributed by atoms with Crippen molar-refractivity contribution in [2.75, 3.05) is 0 Å². The van der Waals surface area contributed by atoms with Gasteiger partial charge in [-0.2, -0.15) is 0 Å². The van der Waals surface area contributed by atoms with Gasteiger partial charge in [-0.1, -0.05) is 0 Å². The Hall–Kier alpha value is 3.53. The zero-order valence-electron chi connectivity index (χ0n) is 0.854. The minimum absolute atomic E-state index is 0.